The highest BCUT2D eigenvalue weighted by Crippen LogP contribution is 2.89. The van der Waals surface area contributed by atoms with Crippen molar-refractivity contribution in [3.63, 3.8) is 0 Å². The van der Waals surface area contributed by atoms with Crippen LogP contribution in [0, 0.1) is 29.1 Å². The van der Waals surface area contributed by atoms with Gasteiger partial charge < -0.3 is 14.1 Å². The van der Waals surface area contributed by atoms with Crippen LogP contribution in [0.2, 0.25) is 0 Å². The van der Waals surface area contributed by atoms with E-state index in [-0.39, 0.29) is 16.2 Å². The van der Waals surface area contributed by atoms with Crippen molar-refractivity contribution < 1.29 is 9.15 Å². The summed E-state index contributed by atoms with van der Waals surface area (Å²) in [5.74, 6) is 5.39. The molecule has 0 saturated heterocycles. The van der Waals surface area contributed by atoms with E-state index < -0.39 is 0 Å². The molecule has 5 aromatic carbocycles. The zero-order valence-electron chi connectivity index (χ0n) is 30.1. The molecular weight excluding hydrogens is 623 g/mol. The van der Waals surface area contributed by atoms with Gasteiger partial charge in [-0.1, -0.05) is 70.2 Å². The maximum absolute atomic E-state index is 6.83. The van der Waals surface area contributed by atoms with Gasteiger partial charge in [0.15, 0.2) is 0 Å². The molecule has 2 spiro atoms. The van der Waals surface area contributed by atoms with Crippen LogP contribution in [0.1, 0.15) is 88.5 Å². The highest BCUT2D eigenvalue weighted by molar-refractivity contribution is 6.06. The van der Waals surface area contributed by atoms with Crippen molar-refractivity contribution in [3.05, 3.63) is 125 Å². The van der Waals surface area contributed by atoms with Crippen LogP contribution < -0.4 is 9.64 Å². The summed E-state index contributed by atoms with van der Waals surface area (Å²) in [6.07, 6.45) is 8.06. The van der Waals surface area contributed by atoms with E-state index in [1.165, 1.54) is 77.5 Å². The molecule has 5 aliphatic carbocycles. The lowest BCUT2D eigenvalue weighted by molar-refractivity contribution is -0.235. The van der Waals surface area contributed by atoms with E-state index in [1.807, 2.05) is 0 Å². The van der Waals surface area contributed by atoms with Crippen molar-refractivity contribution in [2.24, 2.45) is 29.1 Å². The molecule has 0 radical (unpaired) electrons. The maximum atomic E-state index is 6.83. The van der Waals surface area contributed by atoms with Crippen LogP contribution in [0.5, 0.6) is 11.5 Å². The smallest absolute Gasteiger partial charge is 0.137 e. The van der Waals surface area contributed by atoms with E-state index in [4.69, 9.17) is 9.15 Å². The molecule has 2 bridgehead atoms. The Kier molecular flexibility index (Phi) is 5.30. The van der Waals surface area contributed by atoms with Crippen LogP contribution in [0.15, 0.2) is 108 Å². The summed E-state index contributed by atoms with van der Waals surface area (Å²) in [6, 6.07) is 38.7. The Bertz CT molecular complexity index is 2480. The number of rotatable bonds is 3. The Morgan fingerprint density at radius 3 is 2.10 bits per heavy atom. The number of benzene rings is 5. The molecule has 1 aliphatic heterocycles. The van der Waals surface area contributed by atoms with Gasteiger partial charge in [-0.2, -0.15) is 0 Å². The van der Waals surface area contributed by atoms with E-state index in [9.17, 15) is 0 Å². The second kappa shape index (κ2) is 9.29. The number of anilines is 3. The number of fused-ring (bicyclic) bond motifs is 11. The molecule has 254 valence electrons. The topological polar surface area (TPSA) is 25.6 Å². The Morgan fingerprint density at radius 2 is 1.24 bits per heavy atom. The van der Waals surface area contributed by atoms with Gasteiger partial charge in [-0.25, -0.2) is 0 Å². The largest absolute Gasteiger partial charge is 0.457 e. The lowest BCUT2D eigenvalue weighted by Crippen LogP contribution is -2.74. The van der Waals surface area contributed by atoms with Gasteiger partial charge in [0.25, 0.3) is 0 Å². The van der Waals surface area contributed by atoms with Crippen molar-refractivity contribution in [1.82, 2.24) is 0 Å². The third kappa shape index (κ3) is 3.43. The molecule has 6 unspecified atom stereocenters. The fraction of sp³-hybridized carbons (Fsp3) is 0.375. The van der Waals surface area contributed by atoms with Crippen LogP contribution in [-0.4, -0.2) is 0 Å². The van der Waals surface area contributed by atoms with E-state index in [2.05, 4.69) is 136 Å². The van der Waals surface area contributed by atoms with Crippen LogP contribution in [-0.2, 0) is 16.2 Å². The summed E-state index contributed by atoms with van der Waals surface area (Å²) in [5, 5.41) is 2.33. The standard InChI is InChI=1S/C48H45NO2/c1-45(2)19-20-46(3,4)37-24-30(14-17-35(37)45)49(32-13-16-34-33-9-5-7-11-39(33)50-42(34)26-32)31-15-18-41-38(25-31)48(36-10-6-8-12-40(36)51-41)43-22-28-21-29-23-44(48)47(29,43)27-28/h5-18,24-26,28-29,43-44H,19-23,27H2,1-4H3. The SMILES string of the molecule is CC1(C)CCC(C)(C)c2cc(N(c3ccc4c(c3)C3(c5ccccc5O4)C4CC5CC6CC3C64C5)c3ccc4c(c3)oc3ccccc34)ccc21. The molecule has 4 saturated carbocycles. The first-order valence-corrected chi connectivity index (χ1v) is 19.5. The highest BCUT2D eigenvalue weighted by Gasteiger charge is 2.84. The van der Waals surface area contributed by atoms with E-state index >= 15 is 0 Å². The summed E-state index contributed by atoms with van der Waals surface area (Å²) in [5.41, 5.74) is 12.0. The Morgan fingerprint density at radius 1 is 0.569 bits per heavy atom. The molecule has 6 atom stereocenters. The number of hydrogen-bond acceptors (Lipinski definition) is 3. The Hall–Kier alpha value is -4.50. The molecule has 0 N–H and O–H groups in total. The van der Waals surface area contributed by atoms with Crippen molar-refractivity contribution in [2.75, 3.05) is 4.90 Å². The van der Waals surface area contributed by atoms with Crippen molar-refractivity contribution in [2.45, 2.75) is 82.5 Å². The molecule has 4 fully saturated rings. The summed E-state index contributed by atoms with van der Waals surface area (Å²) in [7, 11) is 0. The maximum Gasteiger partial charge on any atom is 0.137 e. The van der Waals surface area contributed by atoms with Crippen LogP contribution in [0.25, 0.3) is 21.9 Å². The van der Waals surface area contributed by atoms with Gasteiger partial charge in [-0.3, -0.25) is 0 Å². The van der Waals surface area contributed by atoms with Gasteiger partial charge in [-0.05, 0) is 144 Å². The summed E-state index contributed by atoms with van der Waals surface area (Å²) in [4.78, 5) is 2.50. The first-order chi connectivity index (χ1) is 24.7. The number of hydrogen-bond donors (Lipinski definition) is 0. The lowest BCUT2D eigenvalue weighted by Gasteiger charge is -2.77. The van der Waals surface area contributed by atoms with E-state index in [0.29, 0.717) is 17.3 Å². The van der Waals surface area contributed by atoms with Gasteiger partial charge in [0.05, 0.1) is 0 Å². The quantitative estimate of drug-likeness (QED) is 0.188. The minimum atomic E-state index is 0.0298. The number of nitrogens with zero attached hydrogens (tertiary/aromatic N) is 1. The molecule has 12 rings (SSSR count). The number of para-hydroxylation sites is 2. The molecular formula is C48H45NO2. The van der Waals surface area contributed by atoms with Crippen LogP contribution in [0.4, 0.5) is 17.1 Å². The van der Waals surface area contributed by atoms with Gasteiger partial charge in [0.2, 0.25) is 0 Å². The third-order valence-electron chi connectivity index (χ3n) is 15.4. The summed E-state index contributed by atoms with van der Waals surface area (Å²) < 4.78 is 13.3. The molecule has 2 heterocycles. The zero-order valence-corrected chi connectivity index (χ0v) is 30.1. The van der Waals surface area contributed by atoms with Crippen LogP contribution >= 0.6 is 0 Å². The monoisotopic (exact) mass is 667 g/mol. The lowest BCUT2D eigenvalue weighted by atomic mass is 9.26. The Labute approximate surface area is 300 Å². The first-order valence-electron chi connectivity index (χ1n) is 19.5. The van der Waals surface area contributed by atoms with Crippen LogP contribution in [0.3, 0.4) is 0 Å². The average Bonchev–Trinajstić information content (AvgIpc) is 3.79. The highest BCUT2D eigenvalue weighted by atomic mass is 16.5. The van der Waals surface area contributed by atoms with Crippen molar-refractivity contribution >= 4 is 39.0 Å². The minimum absolute atomic E-state index is 0.0298. The van der Waals surface area contributed by atoms with E-state index in [0.717, 1.165) is 45.6 Å². The first kappa shape index (κ1) is 29.1. The van der Waals surface area contributed by atoms with E-state index in [1.54, 1.807) is 0 Å². The third-order valence-corrected chi connectivity index (χ3v) is 15.4. The summed E-state index contributed by atoms with van der Waals surface area (Å²) >= 11 is 0. The predicted octanol–water partition coefficient (Wildman–Crippen LogP) is 12.9. The van der Waals surface area contributed by atoms with Gasteiger partial charge in [-0.15, -0.1) is 0 Å². The second-order valence-electron chi connectivity index (χ2n) is 18.5. The molecule has 3 nitrogen and oxygen atoms in total. The normalized spacial score (nSPS) is 30.9. The fourth-order valence-corrected chi connectivity index (χ4v) is 13.2. The van der Waals surface area contributed by atoms with Gasteiger partial charge >= 0.3 is 0 Å². The Balaban J connectivity index is 1.08. The molecule has 6 aliphatic rings. The molecule has 0 amide bonds. The molecule has 3 heteroatoms. The second-order valence-corrected chi connectivity index (χ2v) is 18.5. The predicted molar refractivity (Wildman–Crippen MR) is 206 cm³/mol. The zero-order chi connectivity index (χ0) is 34.1. The average molecular weight is 668 g/mol. The van der Waals surface area contributed by atoms with Crippen molar-refractivity contribution in [1.29, 1.82) is 0 Å². The molecule has 1 aromatic heterocycles. The summed E-state index contributed by atoms with van der Waals surface area (Å²) in [6.45, 7) is 9.70. The number of furan rings is 1. The molecule has 51 heavy (non-hydrogen) atoms. The van der Waals surface area contributed by atoms with Gasteiger partial charge in [0.1, 0.15) is 22.7 Å². The van der Waals surface area contributed by atoms with Gasteiger partial charge in [0, 0.05) is 50.4 Å². The van der Waals surface area contributed by atoms with Crippen molar-refractivity contribution in [3.8, 4) is 11.5 Å². The fourth-order valence-electron chi connectivity index (χ4n) is 13.2. The minimum Gasteiger partial charge on any atom is -0.457 e. The number of ether oxygens (including phenoxy) is 1. The molecule has 6 aromatic rings.